The number of rotatable bonds is 8. The minimum Gasteiger partial charge on any atom is -0.378 e. The smallest absolute Gasteiger partial charge is 0.293 e. The van der Waals surface area contributed by atoms with Gasteiger partial charge in [-0.05, 0) is 25.1 Å². The Hall–Kier alpha value is -2.95. The Morgan fingerprint density at radius 1 is 1.38 bits per heavy atom. The maximum atomic E-state index is 12.0. The van der Waals surface area contributed by atoms with Crippen LogP contribution in [0.15, 0.2) is 41.6 Å². The summed E-state index contributed by atoms with van der Waals surface area (Å²) in [4.78, 5) is 22.4. The molecular formula is C15H19N5O5S. The monoisotopic (exact) mass is 381 g/mol. The van der Waals surface area contributed by atoms with E-state index >= 15 is 0 Å². The van der Waals surface area contributed by atoms with Gasteiger partial charge >= 0.3 is 0 Å². The van der Waals surface area contributed by atoms with E-state index in [1.807, 2.05) is 0 Å². The molecule has 0 saturated carbocycles. The van der Waals surface area contributed by atoms with Gasteiger partial charge in [0.05, 0.1) is 9.82 Å². The number of anilines is 1. The first-order valence-electron chi connectivity index (χ1n) is 7.69. The molecule has 2 aromatic rings. The minimum absolute atomic E-state index is 0.129. The highest BCUT2D eigenvalue weighted by Gasteiger charge is 2.19. The second-order valence-corrected chi connectivity index (χ2v) is 7.60. The van der Waals surface area contributed by atoms with Gasteiger partial charge in [0.25, 0.3) is 5.69 Å². The van der Waals surface area contributed by atoms with Crippen LogP contribution in [0.1, 0.15) is 13.0 Å². The molecule has 1 unspecified atom stereocenters. The van der Waals surface area contributed by atoms with Crippen LogP contribution >= 0.6 is 0 Å². The van der Waals surface area contributed by atoms with Crippen molar-refractivity contribution in [1.82, 2.24) is 15.1 Å². The molecule has 0 aliphatic heterocycles. The predicted octanol–water partition coefficient (Wildman–Crippen LogP) is 0.984. The lowest BCUT2D eigenvalue weighted by Crippen LogP contribution is -2.34. The van der Waals surface area contributed by atoms with E-state index in [9.17, 15) is 23.3 Å². The maximum Gasteiger partial charge on any atom is 0.293 e. The van der Waals surface area contributed by atoms with Crippen LogP contribution in [0.3, 0.4) is 0 Å². The average Bonchev–Trinajstić information content (AvgIpc) is 3.11. The Labute approximate surface area is 150 Å². The molecule has 0 aliphatic rings. The zero-order chi connectivity index (χ0) is 19.3. The molecule has 0 fully saturated rings. The van der Waals surface area contributed by atoms with Gasteiger partial charge in [-0.1, -0.05) is 0 Å². The van der Waals surface area contributed by atoms with Crippen LogP contribution in [0.25, 0.3) is 0 Å². The first-order chi connectivity index (χ1) is 12.2. The lowest BCUT2D eigenvalue weighted by molar-refractivity contribution is -0.384. The molecule has 2 N–H and O–H groups in total. The summed E-state index contributed by atoms with van der Waals surface area (Å²) in [7, 11) is -3.54. The minimum atomic E-state index is -3.54. The molecule has 140 valence electrons. The van der Waals surface area contributed by atoms with Gasteiger partial charge in [0, 0.05) is 37.8 Å². The molecule has 2 rings (SSSR count). The van der Waals surface area contributed by atoms with Crippen molar-refractivity contribution >= 4 is 27.1 Å². The van der Waals surface area contributed by atoms with Crippen LogP contribution in [0, 0.1) is 10.1 Å². The van der Waals surface area contributed by atoms with Crippen molar-refractivity contribution in [2.24, 2.45) is 0 Å². The van der Waals surface area contributed by atoms with Crippen LogP contribution in [-0.2, 0) is 14.6 Å². The van der Waals surface area contributed by atoms with E-state index < -0.39 is 20.8 Å². The second kappa shape index (κ2) is 7.95. The number of aromatic nitrogens is 2. The van der Waals surface area contributed by atoms with E-state index in [4.69, 9.17) is 0 Å². The second-order valence-electron chi connectivity index (χ2n) is 5.59. The number of benzene rings is 1. The van der Waals surface area contributed by atoms with E-state index in [2.05, 4.69) is 15.7 Å². The maximum absolute atomic E-state index is 12.0. The summed E-state index contributed by atoms with van der Waals surface area (Å²) in [6, 6.07) is 4.88. The lowest BCUT2D eigenvalue weighted by Gasteiger charge is -2.13. The van der Waals surface area contributed by atoms with E-state index in [0.29, 0.717) is 0 Å². The van der Waals surface area contributed by atoms with Crippen molar-refractivity contribution in [3.63, 3.8) is 0 Å². The summed E-state index contributed by atoms with van der Waals surface area (Å²) < 4.78 is 24.5. The van der Waals surface area contributed by atoms with E-state index in [1.165, 1.54) is 16.8 Å². The number of carbonyl (C=O) groups is 1. The van der Waals surface area contributed by atoms with Crippen molar-refractivity contribution in [1.29, 1.82) is 0 Å². The molecule has 26 heavy (non-hydrogen) atoms. The summed E-state index contributed by atoms with van der Waals surface area (Å²) in [6.07, 6.45) is 4.23. The molecule has 0 bridgehead atoms. The Morgan fingerprint density at radius 3 is 2.69 bits per heavy atom. The fourth-order valence-electron chi connectivity index (χ4n) is 2.20. The molecule has 1 atom stereocenters. The van der Waals surface area contributed by atoms with Gasteiger partial charge in [-0.15, -0.1) is 0 Å². The van der Waals surface area contributed by atoms with Gasteiger partial charge in [0.15, 0.2) is 9.84 Å². The lowest BCUT2D eigenvalue weighted by atomic mass is 10.2. The summed E-state index contributed by atoms with van der Waals surface area (Å²) >= 11 is 0. The summed E-state index contributed by atoms with van der Waals surface area (Å²) in [5.74, 6) is -0.238. The molecule has 0 spiro atoms. The van der Waals surface area contributed by atoms with Crippen LogP contribution < -0.4 is 10.6 Å². The molecule has 0 saturated heterocycles. The average molecular weight is 381 g/mol. The van der Waals surface area contributed by atoms with Gasteiger partial charge in [-0.3, -0.25) is 19.6 Å². The highest BCUT2D eigenvalue weighted by atomic mass is 32.2. The normalized spacial score (nSPS) is 12.4. The fourth-order valence-corrected chi connectivity index (χ4v) is 2.84. The third-order valence-corrected chi connectivity index (χ3v) is 4.75. The number of nitro groups is 1. The molecule has 1 aromatic carbocycles. The van der Waals surface area contributed by atoms with Crippen molar-refractivity contribution in [3.8, 4) is 0 Å². The van der Waals surface area contributed by atoms with E-state index in [1.54, 1.807) is 25.4 Å². The molecule has 0 radical (unpaired) electrons. The highest BCUT2D eigenvalue weighted by molar-refractivity contribution is 7.90. The highest BCUT2D eigenvalue weighted by Crippen LogP contribution is 2.27. The number of nitrogens with zero attached hydrogens (tertiary/aromatic N) is 3. The summed E-state index contributed by atoms with van der Waals surface area (Å²) in [6.45, 7) is 2.16. The fraction of sp³-hybridized carbons (Fsp3) is 0.333. The zero-order valence-electron chi connectivity index (χ0n) is 14.2. The Bertz CT molecular complexity index is 895. The van der Waals surface area contributed by atoms with Gasteiger partial charge < -0.3 is 10.6 Å². The van der Waals surface area contributed by atoms with E-state index in [-0.39, 0.29) is 35.3 Å². The standard InChI is InChI=1S/C15H19N5O5S/c1-11(19-9-3-6-18-19)15(21)17-8-7-16-13-5-4-12(26(2,24)25)10-14(13)20(22)23/h3-6,9-11,16H,7-8H2,1-2H3,(H,17,21). The molecule has 1 aromatic heterocycles. The van der Waals surface area contributed by atoms with E-state index in [0.717, 1.165) is 12.3 Å². The summed E-state index contributed by atoms with van der Waals surface area (Å²) in [5, 5.41) is 20.7. The van der Waals surface area contributed by atoms with Crippen LogP contribution in [-0.4, -0.2) is 48.4 Å². The number of nitrogens with one attached hydrogen (secondary N) is 2. The van der Waals surface area contributed by atoms with Gasteiger partial charge in [-0.25, -0.2) is 8.42 Å². The first kappa shape index (κ1) is 19.4. The molecular weight excluding hydrogens is 362 g/mol. The molecule has 10 nitrogen and oxygen atoms in total. The summed E-state index contributed by atoms with van der Waals surface area (Å²) in [5.41, 5.74) is -0.166. The van der Waals surface area contributed by atoms with Gasteiger partial charge in [-0.2, -0.15) is 5.10 Å². The number of nitro benzene ring substituents is 1. The number of hydrogen-bond donors (Lipinski definition) is 2. The Balaban J connectivity index is 1.95. The van der Waals surface area contributed by atoms with Crippen LogP contribution in [0.5, 0.6) is 0 Å². The third kappa shape index (κ3) is 4.79. The number of hydrogen-bond acceptors (Lipinski definition) is 7. The van der Waals surface area contributed by atoms with Crippen molar-refractivity contribution in [3.05, 3.63) is 46.8 Å². The van der Waals surface area contributed by atoms with Gasteiger partial charge in [0.2, 0.25) is 5.91 Å². The number of sulfone groups is 1. The van der Waals surface area contributed by atoms with Gasteiger partial charge in [0.1, 0.15) is 11.7 Å². The first-order valence-corrected chi connectivity index (χ1v) is 9.58. The molecule has 1 heterocycles. The molecule has 1 amide bonds. The van der Waals surface area contributed by atoms with Crippen molar-refractivity contribution in [2.45, 2.75) is 17.9 Å². The zero-order valence-corrected chi connectivity index (χ0v) is 15.1. The predicted molar refractivity (Wildman–Crippen MR) is 94.6 cm³/mol. The van der Waals surface area contributed by atoms with Crippen molar-refractivity contribution < 1.29 is 18.1 Å². The quantitative estimate of drug-likeness (QED) is 0.395. The SMILES string of the molecule is CC(C(=O)NCCNc1ccc(S(C)(=O)=O)cc1[N+](=O)[O-])n1cccn1. The molecule has 0 aliphatic carbocycles. The number of amides is 1. The van der Waals surface area contributed by atoms with Crippen LogP contribution in [0.2, 0.25) is 0 Å². The largest absolute Gasteiger partial charge is 0.378 e. The Kier molecular flexibility index (Phi) is 5.93. The third-order valence-electron chi connectivity index (χ3n) is 3.63. The topological polar surface area (TPSA) is 136 Å². The Morgan fingerprint density at radius 2 is 2.12 bits per heavy atom. The number of carbonyl (C=O) groups excluding carboxylic acids is 1. The van der Waals surface area contributed by atoms with Crippen molar-refractivity contribution in [2.75, 3.05) is 24.7 Å². The van der Waals surface area contributed by atoms with Crippen LogP contribution in [0.4, 0.5) is 11.4 Å². The molecule has 11 heteroatoms.